The van der Waals surface area contributed by atoms with Crippen molar-refractivity contribution in [1.29, 1.82) is 0 Å². The van der Waals surface area contributed by atoms with Crippen LogP contribution in [-0.2, 0) is 16.0 Å². The van der Waals surface area contributed by atoms with Crippen LogP contribution in [0.15, 0.2) is 30.3 Å². The third-order valence-electron chi connectivity index (χ3n) is 4.47. The zero-order valence-electron chi connectivity index (χ0n) is 15.3. The van der Waals surface area contributed by atoms with E-state index in [1.54, 1.807) is 0 Å². The molecule has 0 aromatic heterocycles. The largest absolute Gasteiger partial charge is 0.368 e. The molecule has 0 aliphatic heterocycles. The van der Waals surface area contributed by atoms with Gasteiger partial charge in [-0.25, -0.2) is 0 Å². The molecule has 1 atom stereocenters. The van der Waals surface area contributed by atoms with Crippen molar-refractivity contribution in [1.82, 2.24) is 5.32 Å². The van der Waals surface area contributed by atoms with Gasteiger partial charge in [-0.2, -0.15) is 0 Å². The Morgan fingerprint density at radius 2 is 1.79 bits per heavy atom. The van der Waals surface area contributed by atoms with E-state index in [0.29, 0.717) is 0 Å². The Balaban J connectivity index is 2.69. The quantitative estimate of drug-likeness (QED) is 0.637. The molecule has 0 saturated carbocycles. The molecule has 0 saturated heterocycles. The molecule has 0 fully saturated rings. The molecule has 130 valence electrons. The fraction of sp³-hybridized carbons (Fsp3) is 0.474. The zero-order valence-corrected chi connectivity index (χ0v) is 16.3. The second kappa shape index (κ2) is 8.16. The number of nitrogens with two attached hydrogens (primary N) is 1. The van der Waals surface area contributed by atoms with Crippen LogP contribution in [0.4, 0.5) is 0 Å². The van der Waals surface area contributed by atoms with Crippen molar-refractivity contribution in [2.45, 2.75) is 57.8 Å². The maximum absolute atomic E-state index is 12.1. The molecule has 1 rings (SSSR count). The molecule has 1 aromatic carbocycles. The summed E-state index contributed by atoms with van der Waals surface area (Å²) < 4.78 is 0. The molecule has 0 heterocycles. The van der Waals surface area contributed by atoms with Crippen LogP contribution >= 0.6 is 0 Å². The highest BCUT2D eigenvalue weighted by atomic mass is 28.3. The van der Waals surface area contributed by atoms with Gasteiger partial charge >= 0.3 is 0 Å². The number of hydrogen-bond donors (Lipinski definition) is 2. The fourth-order valence-electron chi connectivity index (χ4n) is 1.81. The second-order valence-electron chi connectivity index (χ2n) is 7.57. The van der Waals surface area contributed by atoms with Crippen LogP contribution in [0.3, 0.4) is 0 Å². The monoisotopic (exact) mass is 344 g/mol. The summed E-state index contributed by atoms with van der Waals surface area (Å²) in [5.74, 6) is 2.30. The van der Waals surface area contributed by atoms with E-state index in [1.165, 1.54) is 0 Å². The molecule has 0 bridgehead atoms. The lowest BCUT2D eigenvalue weighted by Gasteiger charge is -2.31. The first-order valence-corrected chi connectivity index (χ1v) is 11.2. The van der Waals surface area contributed by atoms with Crippen molar-refractivity contribution in [2.75, 3.05) is 0 Å². The summed E-state index contributed by atoms with van der Waals surface area (Å²) in [6, 6.07) is 8.63. The second-order valence-corrected chi connectivity index (χ2v) is 12.6. The van der Waals surface area contributed by atoms with Crippen LogP contribution in [-0.4, -0.2) is 25.9 Å². The average molecular weight is 345 g/mol. The number of benzene rings is 1. The summed E-state index contributed by atoms with van der Waals surface area (Å²) in [6.07, 6.45) is 0.475. The summed E-state index contributed by atoms with van der Waals surface area (Å²) in [5, 5.41) is 2.84. The first kappa shape index (κ1) is 20.0. The molecular formula is C19H28N2O2Si. The van der Waals surface area contributed by atoms with Crippen LogP contribution in [0, 0.1) is 11.5 Å². The van der Waals surface area contributed by atoms with E-state index >= 15 is 0 Å². The highest BCUT2D eigenvalue weighted by Crippen LogP contribution is 2.35. The van der Waals surface area contributed by atoms with Crippen LogP contribution in [0.25, 0.3) is 0 Å². The van der Waals surface area contributed by atoms with Crippen LogP contribution in [0.1, 0.15) is 32.8 Å². The van der Waals surface area contributed by atoms with Crippen molar-refractivity contribution in [3.63, 3.8) is 0 Å². The van der Waals surface area contributed by atoms with E-state index in [-0.39, 0.29) is 23.8 Å². The fourth-order valence-corrected chi connectivity index (χ4v) is 2.73. The number of rotatable bonds is 5. The van der Waals surface area contributed by atoms with Crippen molar-refractivity contribution in [2.24, 2.45) is 5.73 Å². The van der Waals surface area contributed by atoms with Crippen molar-refractivity contribution in [3.8, 4) is 11.5 Å². The number of nitrogens with one attached hydrogen (secondary N) is 1. The Hall–Kier alpha value is -2.06. The molecule has 4 nitrogen and oxygen atoms in total. The van der Waals surface area contributed by atoms with Gasteiger partial charge in [0.05, 0.1) is 6.42 Å². The number of primary amides is 1. The van der Waals surface area contributed by atoms with Gasteiger partial charge in [0.25, 0.3) is 0 Å². The molecule has 0 spiro atoms. The number of hydrogen-bond acceptors (Lipinski definition) is 2. The minimum atomic E-state index is -1.73. The summed E-state index contributed by atoms with van der Waals surface area (Å²) in [7, 11) is -1.73. The molecule has 1 aromatic rings. The lowest BCUT2D eigenvalue weighted by atomic mass is 10.1. The van der Waals surface area contributed by atoms with E-state index in [4.69, 9.17) is 5.73 Å². The minimum absolute atomic E-state index is 0.152. The minimum Gasteiger partial charge on any atom is -0.368 e. The average Bonchev–Trinajstić information content (AvgIpc) is 2.45. The molecule has 0 aliphatic carbocycles. The number of carbonyl (C=O) groups excluding carboxylic acids is 2. The molecular weight excluding hydrogens is 316 g/mol. The third kappa shape index (κ3) is 6.21. The van der Waals surface area contributed by atoms with E-state index in [0.717, 1.165) is 5.56 Å². The Morgan fingerprint density at radius 3 is 2.29 bits per heavy atom. The molecule has 3 N–H and O–H groups in total. The third-order valence-corrected chi connectivity index (χ3v) is 9.02. The van der Waals surface area contributed by atoms with Crippen molar-refractivity contribution in [3.05, 3.63) is 35.9 Å². The van der Waals surface area contributed by atoms with Gasteiger partial charge in [0.1, 0.15) is 14.1 Å². The highest BCUT2D eigenvalue weighted by Gasteiger charge is 2.33. The zero-order chi connectivity index (χ0) is 18.4. The van der Waals surface area contributed by atoms with E-state index in [2.05, 4.69) is 50.6 Å². The van der Waals surface area contributed by atoms with Gasteiger partial charge in [-0.3, -0.25) is 9.59 Å². The highest BCUT2D eigenvalue weighted by molar-refractivity contribution is 6.87. The summed E-state index contributed by atoms with van der Waals surface area (Å²) >= 11 is 0. The first-order chi connectivity index (χ1) is 11.0. The summed E-state index contributed by atoms with van der Waals surface area (Å²) in [6.45, 7) is 10.9. The Bertz CT molecular complexity index is 637. The molecule has 24 heavy (non-hydrogen) atoms. The van der Waals surface area contributed by atoms with Gasteiger partial charge in [0, 0.05) is 6.42 Å². The van der Waals surface area contributed by atoms with E-state index in [9.17, 15) is 9.59 Å². The molecule has 2 amide bonds. The van der Waals surface area contributed by atoms with Gasteiger partial charge in [-0.1, -0.05) is 64.2 Å². The lowest BCUT2D eigenvalue weighted by molar-refractivity contribution is -0.126. The van der Waals surface area contributed by atoms with Gasteiger partial charge in [0.15, 0.2) is 0 Å². The van der Waals surface area contributed by atoms with Crippen LogP contribution in [0.2, 0.25) is 18.1 Å². The first-order valence-electron chi connectivity index (χ1n) is 8.15. The Labute approximate surface area is 146 Å². The summed E-state index contributed by atoms with van der Waals surface area (Å²) in [5.41, 5.74) is 9.64. The van der Waals surface area contributed by atoms with E-state index in [1.807, 2.05) is 30.3 Å². The normalized spacial score (nSPS) is 12.7. The SMILES string of the molecule is CC(C)(C)[Si](C)(C)C#CC[C@H](NC(=O)Cc1ccccc1)C(N)=O. The maximum atomic E-state index is 12.1. The van der Waals surface area contributed by atoms with Gasteiger partial charge in [-0.15, -0.1) is 11.5 Å². The topological polar surface area (TPSA) is 72.2 Å². The Morgan fingerprint density at radius 1 is 1.21 bits per heavy atom. The lowest BCUT2D eigenvalue weighted by Crippen LogP contribution is -2.45. The number of amides is 2. The predicted molar refractivity (Wildman–Crippen MR) is 101 cm³/mol. The Kier molecular flexibility index (Phi) is 6.79. The van der Waals surface area contributed by atoms with Gasteiger partial charge in [-0.05, 0) is 10.6 Å². The standard InChI is InChI=1S/C19H28N2O2Si/c1-19(2,3)24(4,5)13-9-12-16(18(20)23)21-17(22)14-15-10-7-6-8-11-15/h6-8,10-11,16H,12,14H2,1-5H3,(H2,20,23)(H,21,22)/t16-/m0/s1. The van der Waals surface area contributed by atoms with E-state index < -0.39 is 20.0 Å². The maximum Gasteiger partial charge on any atom is 0.240 e. The smallest absolute Gasteiger partial charge is 0.240 e. The van der Waals surface area contributed by atoms with Crippen LogP contribution < -0.4 is 11.1 Å². The van der Waals surface area contributed by atoms with Gasteiger partial charge in [0.2, 0.25) is 11.8 Å². The summed E-state index contributed by atoms with van der Waals surface area (Å²) in [4.78, 5) is 23.7. The van der Waals surface area contributed by atoms with Crippen molar-refractivity contribution >= 4 is 19.9 Å². The molecule has 0 aliphatic rings. The molecule has 5 heteroatoms. The van der Waals surface area contributed by atoms with Crippen LogP contribution in [0.5, 0.6) is 0 Å². The van der Waals surface area contributed by atoms with Gasteiger partial charge < -0.3 is 11.1 Å². The molecule has 0 unspecified atom stereocenters. The number of carbonyl (C=O) groups is 2. The molecule has 0 radical (unpaired) electrons. The predicted octanol–water partition coefficient (Wildman–Crippen LogP) is 2.64. The van der Waals surface area contributed by atoms with Crippen molar-refractivity contribution < 1.29 is 9.59 Å².